The first-order valence-corrected chi connectivity index (χ1v) is 5.65. The SMILES string of the molecule is C#CCCCCNC(=O)c1cc(Cl)ncc1N. The monoisotopic (exact) mass is 251 g/mol. The van der Waals surface area contributed by atoms with Gasteiger partial charge in [0.05, 0.1) is 17.4 Å². The second kappa shape index (κ2) is 6.77. The number of halogens is 1. The Balaban J connectivity index is 2.47. The van der Waals surface area contributed by atoms with E-state index in [9.17, 15) is 4.79 Å². The van der Waals surface area contributed by atoms with Crippen molar-refractivity contribution in [2.75, 3.05) is 12.3 Å². The Kier molecular flexibility index (Phi) is 5.31. The van der Waals surface area contributed by atoms with E-state index in [1.807, 2.05) is 0 Å². The summed E-state index contributed by atoms with van der Waals surface area (Å²) in [7, 11) is 0. The molecule has 5 heteroatoms. The van der Waals surface area contributed by atoms with E-state index < -0.39 is 0 Å². The van der Waals surface area contributed by atoms with Crippen LogP contribution < -0.4 is 11.1 Å². The maximum atomic E-state index is 11.7. The van der Waals surface area contributed by atoms with Gasteiger partial charge in [0.15, 0.2) is 0 Å². The summed E-state index contributed by atoms with van der Waals surface area (Å²) in [6, 6.07) is 1.45. The summed E-state index contributed by atoms with van der Waals surface area (Å²) in [5.74, 6) is 2.30. The minimum Gasteiger partial charge on any atom is -0.397 e. The summed E-state index contributed by atoms with van der Waals surface area (Å²) in [4.78, 5) is 15.5. The average molecular weight is 252 g/mol. The fourth-order valence-corrected chi connectivity index (χ4v) is 1.44. The van der Waals surface area contributed by atoms with Crippen LogP contribution in [0.1, 0.15) is 29.6 Å². The van der Waals surface area contributed by atoms with Crippen molar-refractivity contribution < 1.29 is 4.79 Å². The highest BCUT2D eigenvalue weighted by molar-refractivity contribution is 6.29. The first-order valence-electron chi connectivity index (χ1n) is 5.28. The number of carbonyl (C=O) groups excluding carboxylic acids is 1. The number of nitrogens with one attached hydrogen (secondary N) is 1. The van der Waals surface area contributed by atoms with Crippen molar-refractivity contribution in [1.82, 2.24) is 10.3 Å². The molecular weight excluding hydrogens is 238 g/mol. The van der Waals surface area contributed by atoms with Gasteiger partial charge in [-0.1, -0.05) is 11.6 Å². The zero-order valence-corrected chi connectivity index (χ0v) is 10.1. The summed E-state index contributed by atoms with van der Waals surface area (Å²) in [6.45, 7) is 0.569. The van der Waals surface area contributed by atoms with Crippen LogP contribution in [0.25, 0.3) is 0 Å². The largest absolute Gasteiger partial charge is 0.397 e. The molecule has 0 unspecified atom stereocenters. The van der Waals surface area contributed by atoms with Gasteiger partial charge in [-0.15, -0.1) is 12.3 Å². The molecule has 1 aromatic rings. The number of aromatic nitrogens is 1. The number of carbonyl (C=O) groups is 1. The number of hydrogen-bond acceptors (Lipinski definition) is 3. The van der Waals surface area contributed by atoms with Gasteiger partial charge in [0.2, 0.25) is 0 Å². The van der Waals surface area contributed by atoms with E-state index in [2.05, 4.69) is 16.2 Å². The van der Waals surface area contributed by atoms with Crippen LogP contribution in [0.5, 0.6) is 0 Å². The third-order valence-corrected chi connectivity index (χ3v) is 2.39. The van der Waals surface area contributed by atoms with Gasteiger partial charge in [-0.05, 0) is 18.9 Å². The Bertz CT molecular complexity index is 440. The molecule has 1 aromatic heterocycles. The van der Waals surface area contributed by atoms with Crippen molar-refractivity contribution >= 4 is 23.2 Å². The van der Waals surface area contributed by atoms with E-state index in [-0.39, 0.29) is 11.1 Å². The molecule has 0 fully saturated rings. The second-order valence-electron chi connectivity index (χ2n) is 3.51. The number of nitrogens with two attached hydrogens (primary N) is 1. The van der Waals surface area contributed by atoms with Crippen molar-refractivity contribution in [2.45, 2.75) is 19.3 Å². The van der Waals surface area contributed by atoms with Crippen molar-refractivity contribution in [3.8, 4) is 12.3 Å². The van der Waals surface area contributed by atoms with Gasteiger partial charge in [-0.2, -0.15) is 0 Å². The van der Waals surface area contributed by atoms with E-state index in [0.29, 0.717) is 17.8 Å². The molecule has 0 atom stereocenters. The van der Waals surface area contributed by atoms with Gasteiger partial charge in [0.25, 0.3) is 5.91 Å². The highest BCUT2D eigenvalue weighted by Crippen LogP contribution is 2.14. The second-order valence-corrected chi connectivity index (χ2v) is 3.90. The third kappa shape index (κ3) is 4.33. The number of unbranched alkanes of at least 4 members (excludes halogenated alkanes) is 2. The van der Waals surface area contributed by atoms with Crippen molar-refractivity contribution in [2.24, 2.45) is 0 Å². The Morgan fingerprint density at radius 3 is 3.06 bits per heavy atom. The highest BCUT2D eigenvalue weighted by Gasteiger charge is 2.09. The molecule has 0 spiro atoms. The molecular formula is C12H14ClN3O. The van der Waals surface area contributed by atoms with Gasteiger partial charge in [-0.3, -0.25) is 4.79 Å². The third-order valence-electron chi connectivity index (χ3n) is 2.18. The minimum absolute atomic E-state index is 0.243. The highest BCUT2D eigenvalue weighted by atomic mass is 35.5. The van der Waals surface area contributed by atoms with Crippen LogP contribution in [-0.2, 0) is 0 Å². The molecule has 0 aliphatic carbocycles. The van der Waals surface area contributed by atoms with E-state index in [1.54, 1.807) is 0 Å². The van der Waals surface area contributed by atoms with Crippen LogP contribution in [0, 0.1) is 12.3 Å². The molecule has 3 N–H and O–H groups in total. The maximum Gasteiger partial charge on any atom is 0.253 e. The van der Waals surface area contributed by atoms with Crippen molar-refractivity contribution in [1.29, 1.82) is 0 Å². The quantitative estimate of drug-likeness (QED) is 0.477. The molecule has 1 heterocycles. The fraction of sp³-hybridized carbons (Fsp3) is 0.333. The molecule has 90 valence electrons. The maximum absolute atomic E-state index is 11.7. The predicted molar refractivity (Wildman–Crippen MR) is 68.7 cm³/mol. The molecule has 0 aromatic carbocycles. The van der Waals surface area contributed by atoms with E-state index in [0.717, 1.165) is 19.3 Å². The number of nitrogens with zero attached hydrogens (tertiary/aromatic N) is 1. The van der Waals surface area contributed by atoms with Gasteiger partial charge in [0, 0.05) is 13.0 Å². The molecule has 0 aliphatic heterocycles. The molecule has 1 amide bonds. The van der Waals surface area contributed by atoms with E-state index >= 15 is 0 Å². The standard InChI is InChI=1S/C12H14ClN3O/c1-2-3-4-5-6-15-12(17)9-7-11(13)16-8-10(9)14/h1,7-8H,3-6,14H2,(H,15,17). The lowest BCUT2D eigenvalue weighted by Gasteiger charge is -2.06. The summed E-state index contributed by atoms with van der Waals surface area (Å²) >= 11 is 5.69. The lowest BCUT2D eigenvalue weighted by atomic mass is 10.2. The van der Waals surface area contributed by atoms with Gasteiger partial charge in [0.1, 0.15) is 5.15 Å². The zero-order chi connectivity index (χ0) is 12.7. The molecule has 0 bridgehead atoms. The van der Waals surface area contributed by atoms with Crippen LogP contribution in [0.15, 0.2) is 12.3 Å². The Morgan fingerprint density at radius 1 is 1.59 bits per heavy atom. The lowest BCUT2D eigenvalue weighted by molar-refractivity contribution is 0.0954. The zero-order valence-electron chi connectivity index (χ0n) is 9.37. The lowest BCUT2D eigenvalue weighted by Crippen LogP contribution is -2.25. The molecule has 0 saturated heterocycles. The van der Waals surface area contributed by atoms with Crippen LogP contribution in [0.4, 0.5) is 5.69 Å². The van der Waals surface area contributed by atoms with Crippen LogP contribution >= 0.6 is 11.6 Å². The summed E-state index contributed by atoms with van der Waals surface area (Å²) < 4.78 is 0. The topological polar surface area (TPSA) is 68.0 Å². The molecule has 0 aliphatic rings. The van der Waals surface area contributed by atoms with Crippen LogP contribution in [0.3, 0.4) is 0 Å². The first-order chi connectivity index (χ1) is 8.15. The molecule has 0 radical (unpaired) electrons. The number of amides is 1. The fourth-order valence-electron chi connectivity index (χ4n) is 1.29. The number of nitrogen functional groups attached to an aromatic ring is 1. The number of hydrogen-bond donors (Lipinski definition) is 2. The normalized spacial score (nSPS) is 9.65. The first kappa shape index (κ1) is 13.3. The van der Waals surface area contributed by atoms with Crippen molar-refractivity contribution in [3.05, 3.63) is 23.0 Å². The molecule has 4 nitrogen and oxygen atoms in total. The van der Waals surface area contributed by atoms with Gasteiger partial charge < -0.3 is 11.1 Å². The van der Waals surface area contributed by atoms with Gasteiger partial charge >= 0.3 is 0 Å². The molecule has 17 heavy (non-hydrogen) atoms. The average Bonchev–Trinajstić information content (AvgIpc) is 2.32. The number of pyridine rings is 1. The predicted octanol–water partition coefficient (Wildman–Crippen LogP) is 1.85. The van der Waals surface area contributed by atoms with E-state index in [4.69, 9.17) is 23.8 Å². The smallest absolute Gasteiger partial charge is 0.253 e. The van der Waals surface area contributed by atoms with Crippen LogP contribution in [0.2, 0.25) is 5.15 Å². The molecule has 1 rings (SSSR count). The number of anilines is 1. The van der Waals surface area contributed by atoms with E-state index in [1.165, 1.54) is 12.3 Å². The van der Waals surface area contributed by atoms with Crippen LogP contribution in [-0.4, -0.2) is 17.4 Å². The summed E-state index contributed by atoms with van der Waals surface area (Å²) in [6.07, 6.45) is 8.95. The Hall–Kier alpha value is -1.73. The summed E-state index contributed by atoms with van der Waals surface area (Å²) in [5, 5.41) is 3.00. The Labute approximate surface area is 106 Å². The summed E-state index contributed by atoms with van der Waals surface area (Å²) in [5.41, 5.74) is 6.30. The minimum atomic E-state index is -0.243. The Morgan fingerprint density at radius 2 is 2.35 bits per heavy atom. The number of terminal acetylenes is 1. The number of rotatable bonds is 5. The van der Waals surface area contributed by atoms with Gasteiger partial charge in [-0.25, -0.2) is 4.98 Å². The molecule has 0 saturated carbocycles. The van der Waals surface area contributed by atoms with Crippen molar-refractivity contribution in [3.63, 3.8) is 0 Å².